The Morgan fingerprint density at radius 3 is 2.45 bits per heavy atom. The van der Waals surface area contributed by atoms with E-state index in [1.54, 1.807) is 6.07 Å². The van der Waals surface area contributed by atoms with Gasteiger partial charge < -0.3 is 19.5 Å². The second-order valence-electron chi connectivity index (χ2n) is 8.49. The fraction of sp³-hybridized carbons (Fsp3) is 0.435. The van der Waals surface area contributed by atoms with Crippen LogP contribution >= 0.6 is 0 Å². The van der Waals surface area contributed by atoms with Crippen molar-refractivity contribution in [1.29, 1.82) is 0 Å². The number of fused-ring (bicyclic) bond motifs is 1. The molecule has 1 atom stereocenters. The lowest BCUT2D eigenvalue weighted by molar-refractivity contribution is 0.0469. The molecule has 0 saturated carbocycles. The third kappa shape index (κ3) is 6.68. The van der Waals surface area contributed by atoms with Crippen LogP contribution in [0.4, 0.5) is 4.79 Å². The van der Waals surface area contributed by atoms with Crippen LogP contribution < -0.4 is 10.1 Å². The highest BCUT2D eigenvalue weighted by Gasteiger charge is 2.25. The van der Waals surface area contributed by atoms with Crippen LogP contribution in [0, 0.1) is 0 Å². The standard InChI is InChI=1S/C23H29N3O5/c1-23(2,3)31-22(28)25-19(14-26-12-16-7-5-6-8-17(16)13-26)15-30-20-9-18(10-24-11-20)21(27)29-4/h5-11,19H,12-15H2,1-4H3,(H,25,28)/t19-/m1/s1. The minimum Gasteiger partial charge on any atom is -0.490 e. The highest BCUT2D eigenvalue weighted by atomic mass is 16.6. The molecule has 3 rings (SSSR count). The molecule has 0 fully saturated rings. The molecule has 166 valence electrons. The van der Waals surface area contributed by atoms with E-state index in [2.05, 4.69) is 27.3 Å². The minimum atomic E-state index is -0.599. The van der Waals surface area contributed by atoms with Gasteiger partial charge in [0.05, 0.1) is 24.9 Å². The van der Waals surface area contributed by atoms with E-state index in [4.69, 9.17) is 14.2 Å². The average Bonchev–Trinajstić information content (AvgIpc) is 3.12. The molecule has 1 aliphatic rings. The summed E-state index contributed by atoms with van der Waals surface area (Å²) in [6.07, 6.45) is 2.43. The van der Waals surface area contributed by atoms with Crippen molar-refractivity contribution in [3.63, 3.8) is 0 Å². The van der Waals surface area contributed by atoms with E-state index in [1.165, 1.54) is 30.6 Å². The second kappa shape index (κ2) is 9.78. The van der Waals surface area contributed by atoms with Crippen molar-refractivity contribution in [2.75, 3.05) is 20.3 Å². The quantitative estimate of drug-likeness (QED) is 0.679. The maximum atomic E-state index is 12.4. The van der Waals surface area contributed by atoms with Crippen molar-refractivity contribution in [3.8, 4) is 5.75 Å². The summed E-state index contributed by atoms with van der Waals surface area (Å²) in [5.41, 5.74) is 2.27. The van der Waals surface area contributed by atoms with Gasteiger partial charge in [-0.15, -0.1) is 0 Å². The number of hydrogen-bond donors (Lipinski definition) is 1. The van der Waals surface area contributed by atoms with Gasteiger partial charge >= 0.3 is 12.1 Å². The second-order valence-corrected chi connectivity index (χ2v) is 8.49. The molecule has 1 aromatic carbocycles. The number of carbonyl (C=O) groups is 2. The highest BCUT2D eigenvalue weighted by molar-refractivity contribution is 5.89. The summed E-state index contributed by atoms with van der Waals surface area (Å²) in [6.45, 7) is 7.85. The minimum absolute atomic E-state index is 0.193. The van der Waals surface area contributed by atoms with Gasteiger partial charge in [0.25, 0.3) is 0 Å². The van der Waals surface area contributed by atoms with Gasteiger partial charge in [-0.2, -0.15) is 0 Å². The molecule has 0 spiro atoms. The van der Waals surface area contributed by atoms with Crippen LogP contribution in [-0.2, 0) is 22.6 Å². The zero-order valence-corrected chi connectivity index (χ0v) is 18.4. The summed E-state index contributed by atoms with van der Waals surface area (Å²) >= 11 is 0. The van der Waals surface area contributed by atoms with Crippen LogP contribution in [0.5, 0.6) is 5.75 Å². The van der Waals surface area contributed by atoms with E-state index in [0.29, 0.717) is 17.9 Å². The normalized spacial score (nSPS) is 14.5. The first kappa shape index (κ1) is 22.6. The van der Waals surface area contributed by atoms with Crippen LogP contribution in [0.25, 0.3) is 0 Å². The number of pyridine rings is 1. The molecule has 1 N–H and O–H groups in total. The molecule has 1 aromatic heterocycles. The molecule has 1 amide bonds. The summed E-state index contributed by atoms with van der Waals surface area (Å²) in [6, 6.07) is 9.53. The van der Waals surface area contributed by atoms with Crippen molar-refractivity contribution in [1.82, 2.24) is 15.2 Å². The number of rotatable bonds is 7. The largest absolute Gasteiger partial charge is 0.490 e. The van der Waals surface area contributed by atoms with Gasteiger partial charge in [0.1, 0.15) is 18.0 Å². The first-order valence-electron chi connectivity index (χ1n) is 10.2. The predicted octanol–water partition coefficient (Wildman–Crippen LogP) is 3.16. The van der Waals surface area contributed by atoms with Crippen molar-refractivity contribution in [2.45, 2.75) is 45.5 Å². The number of carbonyl (C=O) groups excluding carboxylic acids is 2. The Labute approximate surface area is 182 Å². The average molecular weight is 428 g/mol. The molecule has 2 heterocycles. The molecule has 8 heteroatoms. The lowest BCUT2D eigenvalue weighted by atomic mass is 10.1. The summed E-state index contributed by atoms with van der Waals surface area (Å²) in [4.78, 5) is 30.4. The molecule has 0 aliphatic carbocycles. The molecule has 1 aliphatic heterocycles. The van der Waals surface area contributed by atoms with Gasteiger partial charge in [-0.25, -0.2) is 9.59 Å². The number of nitrogens with zero attached hydrogens (tertiary/aromatic N) is 2. The number of ether oxygens (including phenoxy) is 3. The Bertz CT molecular complexity index is 900. The summed E-state index contributed by atoms with van der Waals surface area (Å²) in [5.74, 6) is -0.0696. The summed E-state index contributed by atoms with van der Waals surface area (Å²) in [5, 5.41) is 2.91. The number of benzene rings is 1. The lowest BCUT2D eigenvalue weighted by Crippen LogP contribution is -2.47. The number of methoxy groups -OCH3 is 1. The Balaban J connectivity index is 1.66. The van der Waals surface area contributed by atoms with Gasteiger partial charge in [-0.05, 0) is 38.0 Å². The molecule has 31 heavy (non-hydrogen) atoms. The van der Waals surface area contributed by atoms with Gasteiger partial charge in [0.2, 0.25) is 0 Å². The third-order valence-electron chi connectivity index (χ3n) is 4.69. The Morgan fingerprint density at radius 1 is 1.16 bits per heavy atom. The molecule has 2 aromatic rings. The molecular formula is C23H29N3O5. The number of aromatic nitrogens is 1. The molecule has 0 saturated heterocycles. The van der Waals surface area contributed by atoms with E-state index in [0.717, 1.165) is 13.1 Å². The number of alkyl carbamates (subject to hydrolysis) is 1. The van der Waals surface area contributed by atoms with Crippen LogP contribution in [0.2, 0.25) is 0 Å². The number of esters is 1. The fourth-order valence-electron chi connectivity index (χ4n) is 3.38. The van der Waals surface area contributed by atoms with Gasteiger partial charge in [-0.3, -0.25) is 9.88 Å². The van der Waals surface area contributed by atoms with Crippen molar-refractivity contribution in [2.24, 2.45) is 0 Å². The number of nitrogens with one attached hydrogen (secondary N) is 1. The number of hydrogen-bond acceptors (Lipinski definition) is 7. The van der Waals surface area contributed by atoms with Crippen LogP contribution in [0.1, 0.15) is 42.3 Å². The predicted molar refractivity (Wildman–Crippen MR) is 115 cm³/mol. The van der Waals surface area contributed by atoms with E-state index in [1.807, 2.05) is 32.9 Å². The monoisotopic (exact) mass is 427 g/mol. The van der Waals surface area contributed by atoms with E-state index in [-0.39, 0.29) is 12.6 Å². The fourth-order valence-corrected chi connectivity index (χ4v) is 3.38. The van der Waals surface area contributed by atoms with Crippen LogP contribution in [0.3, 0.4) is 0 Å². The number of amides is 1. The van der Waals surface area contributed by atoms with E-state index in [9.17, 15) is 9.59 Å². The van der Waals surface area contributed by atoms with Crippen LogP contribution in [-0.4, -0.2) is 53.9 Å². The molecule has 0 unspecified atom stereocenters. The molecule has 8 nitrogen and oxygen atoms in total. The van der Waals surface area contributed by atoms with Gasteiger partial charge in [0.15, 0.2) is 0 Å². The van der Waals surface area contributed by atoms with Crippen LogP contribution in [0.15, 0.2) is 42.7 Å². The van der Waals surface area contributed by atoms with Crippen molar-refractivity contribution >= 4 is 12.1 Å². The smallest absolute Gasteiger partial charge is 0.408 e. The Morgan fingerprint density at radius 2 is 1.84 bits per heavy atom. The SMILES string of the molecule is COC(=O)c1cncc(OC[C@@H](CN2Cc3ccccc3C2)NC(=O)OC(C)(C)C)c1. The van der Waals surface area contributed by atoms with Gasteiger partial charge in [-0.1, -0.05) is 24.3 Å². The summed E-state index contributed by atoms with van der Waals surface area (Å²) in [7, 11) is 1.31. The highest BCUT2D eigenvalue weighted by Crippen LogP contribution is 2.22. The topological polar surface area (TPSA) is 90.0 Å². The van der Waals surface area contributed by atoms with Gasteiger partial charge in [0, 0.05) is 25.8 Å². The zero-order valence-electron chi connectivity index (χ0n) is 18.4. The van der Waals surface area contributed by atoms with Crippen molar-refractivity contribution in [3.05, 3.63) is 59.4 Å². The maximum absolute atomic E-state index is 12.4. The first-order valence-corrected chi connectivity index (χ1v) is 10.2. The van der Waals surface area contributed by atoms with E-state index >= 15 is 0 Å². The molecular weight excluding hydrogens is 398 g/mol. The Kier molecular flexibility index (Phi) is 7.12. The third-order valence-corrected chi connectivity index (χ3v) is 4.69. The Hall–Kier alpha value is -3.13. The maximum Gasteiger partial charge on any atom is 0.408 e. The first-order chi connectivity index (χ1) is 14.7. The molecule has 0 radical (unpaired) electrons. The summed E-state index contributed by atoms with van der Waals surface area (Å²) < 4.78 is 16.0. The molecule has 0 bridgehead atoms. The lowest BCUT2D eigenvalue weighted by Gasteiger charge is -2.26. The van der Waals surface area contributed by atoms with Crippen molar-refractivity contribution < 1.29 is 23.8 Å². The zero-order chi connectivity index (χ0) is 22.4. The van der Waals surface area contributed by atoms with E-state index < -0.39 is 17.7 Å².